The SMILES string of the molecule is CCCNC1CC(c2c(C)nn(CC)c2C)C1(CC)CC. The van der Waals surface area contributed by atoms with Crippen LogP contribution in [0.4, 0.5) is 0 Å². The molecule has 1 aromatic heterocycles. The molecule has 0 saturated heterocycles. The van der Waals surface area contributed by atoms with Gasteiger partial charge in [-0.1, -0.05) is 20.8 Å². The Kier molecular flexibility index (Phi) is 5.13. The summed E-state index contributed by atoms with van der Waals surface area (Å²) in [7, 11) is 0. The van der Waals surface area contributed by atoms with E-state index in [1.165, 1.54) is 42.6 Å². The first-order valence-corrected chi connectivity index (χ1v) is 8.82. The summed E-state index contributed by atoms with van der Waals surface area (Å²) in [6, 6.07) is 0.682. The van der Waals surface area contributed by atoms with Crippen molar-refractivity contribution in [2.45, 2.75) is 85.7 Å². The Balaban J connectivity index is 2.30. The van der Waals surface area contributed by atoms with Gasteiger partial charge in [0.2, 0.25) is 0 Å². The van der Waals surface area contributed by atoms with Crippen molar-refractivity contribution in [3.63, 3.8) is 0 Å². The molecule has 1 saturated carbocycles. The van der Waals surface area contributed by atoms with Crippen LogP contribution in [-0.4, -0.2) is 22.4 Å². The third-order valence-electron chi connectivity index (χ3n) is 5.90. The zero-order valence-electron chi connectivity index (χ0n) is 14.8. The number of nitrogens with one attached hydrogen (secondary N) is 1. The molecule has 0 spiro atoms. The molecule has 0 amide bonds. The number of hydrogen-bond acceptors (Lipinski definition) is 2. The molecule has 120 valence electrons. The lowest BCUT2D eigenvalue weighted by Gasteiger charge is -2.57. The first-order chi connectivity index (χ1) is 10.1. The Labute approximate surface area is 130 Å². The Morgan fingerprint density at radius 3 is 2.33 bits per heavy atom. The van der Waals surface area contributed by atoms with Crippen molar-refractivity contribution >= 4 is 0 Å². The van der Waals surface area contributed by atoms with Gasteiger partial charge in [0.25, 0.3) is 0 Å². The highest BCUT2D eigenvalue weighted by molar-refractivity contribution is 5.35. The van der Waals surface area contributed by atoms with Gasteiger partial charge in [-0.3, -0.25) is 4.68 Å². The van der Waals surface area contributed by atoms with Crippen LogP contribution in [0.1, 0.15) is 76.2 Å². The van der Waals surface area contributed by atoms with Gasteiger partial charge in [-0.25, -0.2) is 0 Å². The second-order valence-electron chi connectivity index (χ2n) is 6.64. The van der Waals surface area contributed by atoms with Gasteiger partial charge in [0.15, 0.2) is 0 Å². The Morgan fingerprint density at radius 1 is 1.19 bits per heavy atom. The molecule has 1 fully saturated rings. The second kappa shape index (κ2) is 6.51. The van der Waals surface area contributed by atoms with Crippen molar-refractivity contribution in [3.8, 4) is 0 Å². The summed E-state index contributed by atoms with van der Waals surface area (Å²) < 4.78 is 2.17. The van der Waals surface area contributed by atoms with Crippen LogP contribution in [0.15, 0.2) is 0 Å². The Bertz CT molecular complexity index is 471. The van der Waals surface area contributed by atoms with Gasteiger partial charge in [0, 0.05) is 18.3 Å². The van der Waals surface area contributed by atoms with Crippen LogP contribution in [0.3, 0.4) is 0 Å². The second-order valence-corrected chi connectivity index (χ2v) is 6.64. The van der Waals surface area contributed by atoms with Crippen LogP contribution in [0.5, 0.6) is 0 Å². The number of nitrogens with zero attached hydrogens (tertiary/aromatic N) is 2. The topological polar surface area (TPSA) is 29.9 Å². The van der Waals surface area contributed by atoms with E-state index in [1.54, 1.807) is 0 Å². The van der Waals surface area contributed by atoms with Gasteiger partial charge in [-0.2, -0.15) is 5.10 Å². The van der Waals surface area contributed by atoms with Crippen LogP contribution >= 0.6 is 0 Å². The van der Waals surface area contributed by atoms with Gasteiger partial charge in [0.05, 0.1) is 5.69 Å². The number of rotatable bonds is 7. The van der Waals surface area contributed by atoms with Crippen LogP contribution < -0.4 is 5.32 Å². The summed E-state index contributed by atoms with van der Waals surface area (Å²) in [6.45, 7) is 15.7. The van der Waals surface area contributed by atoms with Crippen LogP contribution in [0, 0.1) is 19.3 Å². The Morgan fingerprint density at radius 2 is 1.86 bits per heavy atom. The molecule has 21 heavy (non-hydrogen) atoms. The molecule has 0 bridgehead atoms. The van der Waals surface area contributed by atoms with Gasteiger partial charge < -0.3 is 5.32 Å². The summed E-state index contributed by atoms with van der Waals surface area (Å²) in [5.41, 5.74) is 4.60. The summed E-state index contributed by atoms with van der Waals surface area (Å²) in [5.74, 6) is 0.683. The minimum atomic E-state index is 0.423. The fourth-order valence-electron chi connectivity index (χ4n) is 4.56. The van der Waals surface area contributed by atoms with Crippen molar-refractivity contribution in [2.75, 3.05) is 6.54 Å². The highest BCUT2D eigenvalue weighted by Crippen LogP contribution is 2.58. The fourth-order valence-corrected chi connectivity index (χ4v) is 4.56. The molecule has 3 nitrogen and oxygen atoms in total. The van der Waals surface area contributed by atoms with E-state index in [0.29, 0.717) is 17.4 Å². The molecule has 1 aromatic rings. The molecule has 3 heteroatoms. The van der Waals surface area contributed by atoms with E-state index >= 15 is 0 Å². The summed E-state index contributed by atoms with van der Waals surface area (Å²) in [5, 5.41) is 8.54. The minimum Gasteiger partial charge on any atom is -0.313 e. The van der Waals surface area contributed by atoms with E-state index in [1.807, 2.05) is 0 Å². The van der Waals surface area contributed by atoms with E-state index in [2.05, 4.69) is 51.5 Å². The van der Waals surface area contributed by atoms with Gasteiger partial charge >= 0.3 is 0 Å². The summed E-state index contributed by atoms with van der Waals surface area (Å²) in [4.78, 5) is 0. The first-order valence-electron chi connectivity index (χ1n) is 8.82. The van der Waals surface area contributed by atoms with Crippen LogP contribution in [0.2, 0.25) is 0 Å². The van der Waals surface area contributed by atoms with E-state index in [-0.39, 0.29) is 0 Å². The quantitative estimate of drug-likeness (QED) is 0.816. The molecule has 1 aliphatic rings. The zero-order valence-corrected chi connectivity index (χ0v) is 14.8. The smallest absolute Gasteiger partial charge is 0.0631 e. The number of hydrogen-bond donors (Lipinski definition) is 1. The van der Waals surface area contributed by atoms with Gasteiger partial charge in [0.1, 0.15) is 0 Å². The first kappa shape index (κ1) is 16.5. The lowest BCUT2D eigenvalue weighted by Crippen LogP contribution is -2.58. The minimum absolute atomic E-state index is 0.423. The van der Waals surface area contributed by atoms with Crippen LogP contribution in [-0.2, 0) is 6.54 Å². The standard InChI is InChI=1S/C18H33N3/c1-7-11-19-16-12-15(18(16,8-2)9-3)17-13(5)20-21(10-4)14(17)6/h15-16,19H,7-12H2,1-6H3. The van der Waals surface area contributed by atoms with Gasteiger partial charge in [-0.15, -0.1) is 0 Å². The van der Waals surface area contributed by atoms with E-state index in [0.717, 1.165) is 13.1 Å². The monoisotopic (exact) mass is 291 g/mol. The molecule has 2 rings (SSSR count). The van der Waals surface area contributed by atoms with Gasteiger partial charge in [-0.05, 0) is 69.9 Å². The molecule has 0 aromatic carbocycles. The van der Waals surface area contributed by atoms with E-state index < -0.39 is 0 Å². The maximum absolute atomic E-state index is 4.75. The maximum atomic E-state index is 4.75. The molecule has 1 N–H and O–H groups in total. The molecule has 0 radical (unpaired) electrons. The third-order valence-corrected chi connectivity index (χ3v) is 5.90. The number of aromatic nitrogens is 2. The molecule has 1 heterocycles. The Hall–Kier alpha value is -0.830. The number of aryl methyl sites for hydroxylation is 2. The molecule has 1 aliphatic carbocycles. The molecule has 0 aliphatic heterocycles. The lowest BCUT2D eigenvalue weighted by atomic mass is 9.51. The highest BCUT2D eigenvalue weighted by Gasteiger charge is 2.53. The van der Waals surface area contributed by atoms with Crippen molar-refractivity contribution < 1.29 is 0 Å². The summed E-state index contributed by atoms with van der Waals surface area (Å²) in [6.07, 6.45) is 5.01. The van der Waals surface area contributed by atoms with Crippen LogP contribution in [0.25, 0.3) is 0 Å². The fraction of sp³-hybridized carbons (Fsp3) is 0.833. The largest absolute Gasteiger partial charge is 0.313 e. The molecular formula is C18H33N3. The van der Waals surface area contributed by atoms with Crippen molar-refractivity contribution in [1.82, 2.24) is 15.1 Å². The maximum Gasteiger partial charge on any atom is 0.0631 e. The third kappa shape index (κ3) is 2.54. The van der Waals surface area contributed by atoms with Crippen molar-refractivity contribution in [3.05, 3.63) is 17.0 Å². The highest BCUT2D eigenvalue weighted by atomic mass is 15.3. The molecular weight excluding hydrogens is 258 g/mol. The molecule has 2 unspecified atom stereocenters. The van der Waals surface area contributed by atoms with E-state index in [9.17, 15) is 0 Å². The van der Waals surface area contributed by atoms with E-state index in [4.69, 9.17) is 5.10 Å². The normalized spacial score (nSPS) is 24.1. The van der Waals surface area contributed by atoms with Crippen molar-refractivity contribution in [1.29, 1.82) is 0 Å². The predicted molar refractivity (Wildman–Crippen MR) is 89.8 cm³/mol. The predicted octanol–water partition coefficient (Wildman–Crippen LogP) is 4.18. The summed E-state index contributed by atoms with van der Waals surface area (Å²) >= 11 is 0. The lowest BCUT2D eigenvalue weighted by molar-refractivity contribution is 0.0195. The average Bonchev–Trinajstić information content (AvgIpc) is 2.75. The zero-order chi connectivity index (χ0) is 15.6. The van der Waals surface area contributed by atoms with Crippen molar-refractivity contribution in [2.24, 2.45) is 5.41 Å². The molecule has 2 atom stereocenters. The average molecular weight is 291 g/mol.